The van der Waals surface area contributed by atoms with Gasteiger partial charge in [0.05, 0.1) is 6.42 Å². The van der Waals surface area contributed by atoms with Gasteiger partial charge in [-0.25, -0.2) is 0 Å². The minimum atomic E-state index is 0.120. The van der Waals surface area contributed by atoms with Crippen LogP contribution in [0.15, 0.2) is 47.8 Å². The summed E-state index contributed by atoms with van der Waals surface area (Å²) in [4.78, 5) is 18.3. The summed E-state index contributed by atoms with van der Waals surface area (Å²) < 4.78 is 0. The molecule has 1 aromatic heterocycles. The molecule has 1 amide bonds. The van der Waals surface area contributed by atoms with E-state index in [0.717, 1.165) is 37.5 Å². The van der Waals surface area contributed by atoms with Crippen LogP contribution >= 0.6 is 11.3 Å². The molecule has 1 aromatic carbocycles. The van der Waals surface area contributed by atoms with Crippen molar-refractivity contribution < 1.29 is 4.79 Å². The maximum Gasteiger partial charge on any atom is 0.225 e. The number of hydrogen-bond donors (Lipinski definition) is 1. The Morgan fingerprint density at radius 2 is 1.88 bits per heavy atom. The number of hydrogen-bond acceptors (Lipinski definition) is 4. The molecule has 0 radical (unpaired) electrons. The Kier molecular flexibility index (Phi) is 6.62. The van der Waals surface area contributed by atoms with Gasteiger partial charge in [-0.05, 0) is 30.5 Å². The van der Waals surface area contributed by atoms with Gasteiger partial charge >= 0.3 is 0 Å². The van der Waals surface area contributed by atoms with Crippen LogP contribution in [0.2, 0.25) is 0 Å². The van der Waals surface area contributed by atoms with Gasteiger partial charge in [-0.2, -0.15) is 0 Å². The maximum atomic E-state index is 12.3. The summed E-state index contributed by atoms with van der Waals surface area (Å²) in [6, 6.07) is 15.0. The Hall–Kier alpha value is -1.69. The van der Waals surface area contributed by atoms with Gasteiger partial charge in [0.2, 0.25) is 5.91 Å². The van der Waals surface area contributed by atoms with Crippen LogP contribution in [-0.2, 0) is 17.6 Å². The quantitative estimate of drug-likeness (QED) is 0.826. The monoisotopic (exact) mass is 357 g/mol. The fraction of sp³-hybridized carbons (Fsp3) is 0.450. The van der Waals surface area contributed by atoms with E-state index in [9.17, 15) is 4.79 Å². The molecule has 0 bridgehead atoms. The van der Waals surface area contributed by atoms with Crippen molar-refractivity contribution in [3.05, 3.63) is 58.3 Å². The number of piperazine rings is 1. The van der Waals surface area contributed by atoms with Crippen molar-refractivity contribution >= 4 is 17.2 Å². The molecule has 0 saturated carbocycles. The molecule has 2 heterocycles. The van der Waals surface area contributed by atoms with E-state index < -0.39 is 0 Å². The van der Waals surface area contributed by atoms with Crippen LogP contribution in [0.25, 0.3) is 0 Å². The van der Waals surface area contributed by atoms with Crippen LogP contribution in [0.5, 0.6) is 0 Å². The largest absolute Gasteiger partial charge is 0.354 e. The highest BCUT2D eigenvalue weighted by Crippen LogP contribution is 2.12. The minimum Gasteiger partial charge on any atom is -0.354 e. The lowest BCUT2D eigenvalue weighted by Crippen LogP contribution is -2.53. The molecule has 134 valence electrons. The second-order valence-corrected chi connectivity index (χ2v) is 7.78. The van der Waals surface area contributed by atoms with E-state index in [1.807, 2.05) is 17.5 Å². The van der Waals surface area contributed by atoms with Gasteiger partial charge in [0.15, 0.2) is 0 Å². The van der Waals surface area contributed by atoms with Gasteiger partial charge in [0, 0.05) is 43.6 Å². The lowest BCUT2D eigenvalue weighted by Gasteiger charge is -2.38. The second kappa shape index (κ2) is 9.13. The van der Waals surface area contributed by atoms with Gasteiger partial charge in [-0.1, -0.05) is 36.4 Å². The van der Waals surface area contributed by atoms with E-state index in [1.54, 1.807) is 11.3 Å². The van der Waals surface area contributed by atoms with Gasteiger partial charge in [0.25, 0.3) is 0 Å². The fourth-order valence-electron chi connectivity index (χ4n) is 3.27. The van der Waals surface area contributed by atoms with Crippen molar-refractivity contribution in [2.45, 2.75) is 18.9 Å². The van der Waals surface area contributed by atoms with E-state index in [-0.39, 0.29) is 5.91 Å². The summed E-state index contributed by atoms with van der Waals surface area (Å²) in [5, 5.41) is 5.18. The van der Waals surface area contributed by atoms with Gasteiger partial charge < -0.3 is 10.2 Å². The van der Waals surface area contributed by atoms with Gasteiger partial charge in [-0.15, -0.1) is 11.3 Å². The number of rotatable bonds is 7. The molecule has 1 aliphatic rings. The smallest absolute Gasteiger partial charge is 0.225 e. The van der Waals surface area contributed by atoms with E-state index in [4.69, 9.17) is 0 Å². The molecular weight excluding hydrogens is 330 g/mol. The summed E-state index contributed by atoms with van der Waals surface area (Å²) in [5.74, 6) is 0.120. The zero-order chi connectivity index (χ0) is 17.5. The van der Waals surface area contributed by atoms with Crippen molar-refractivity contribution in [2.24, 2.45) is 0 Å². The number of carbonyl (C=O) groups excluding carboxylic acids is 1. The Bertz CT molecular complexity index is 636. The highest BCUT2D eigenvalue weighted by atomic mass is 32.1. The van der Waals surface area contributed by atoms with Crippen molar-refractivity contribution in [1.29, 1.82) is 0 Å². The van der Waals surface area contributed by atoms with E-state index in [1.165, 1.54) is 5.56 Å². The Balaban J connectivity index is 1.58. The Morgan fingerprint density at radius 3 is 2.56 bits per heavy atom. The number of thiophene rings is 1. The first-order chi connectivity index (χ1) is 12.2. The van der Waals surface area contributed by atoms with Gasteiger partial charge in [0.1, 0.15) is 0 Å². The number of likely N-dealkylation sites (N-methyl/N-ethyl adjacent to an activating group) is 1. The summed E-state index contributed by atoms with van der Waals surface area (Å²) in [5.41, 5.74) is 1.33. The molecule has 1 fully saturated rings. The molecule has 0 aliphatic carbocycles. The summed E-state index contributed by atoms with van der Waals surface area (Å²) in [6.07, 6.45) is 1.46. The van der Waals surface area contributed by atoms with Crippen LogP contribution in [0.1, 0.15) is 10.4 Å². The Labute approximate surface area is 154 Å². The number of nitrogens with one attached hydrogen (secondary N) is 1. The molecule has 1 atom stereocenters. The van der Waals surface area contributed by atoms with Gasteiger partial charge in [-0.3, -0.25) is 9.69 Å². The van der Waals surface area contributed by atoms with Crippen LogP contribution in [0, 0.1) is 0 Å². The minimum absolute atomic E-state index is 0.120. The maximum absolute atomic E-state index is 12.3. The van der Waals surface area contributed by atoms with Crippen molar-refractivity contribution in [3.63, 3.8) is 0 Å². The van der Waals surface area contributed by atoms with Crippen LogP contribution in [0.3, 0.4) is 0 Å². The van der Waals surface area contributed by atoms with Crippen LogP contribution < -0.4 is 5.32 Å². The molecule has 25 heavy (non-hydrogen) atoms. The zero-order valence-electron chi connectivity index (χ0n) is 14.9. The number of nitrogens with zero attached hydrogens (tertiary/aromatic N) is 2. The third-order valence-corrected chi connectivity index (χ3v) is 5.69. The lowest BCUT2D eigenvalue weighted by atomic mass is 10.0. The average molecular weight is 358 g/mol. The number of benzene rings is 1. The number of amides is 1. The summed E-state index contributed by atoms with van der Waals surface area (Å²) in [7, 11) is 2.17. The molecular formula is C20H27N3OS. The first kappa shape index (κ1) is 18.1. The van der Waals surface area contributed by atoms with E-state index in [2.05, 4.69) is 52.5 Å². The standard InChI is InChI=1S/C20H27N3OS/c1-22-9-11-23(12-10-22)18(14-17-6-3-2-4-7-17)16-21-20(24)15-19-8-5-13-25-19/h2-8,13,18H,9-12,14-16H2,1H3,(H,21,24). The van der Waals surface area contributed by atoms with Crippen molar-refractivity contribution in [1.82, 2.24) is 15.1 Å². The Morgan fingerprint density at radius 1 is 1.12 bits per heavy atom. The van der Waals surface area contributed by atoms with Crippen LogP contribution in [-0.4, -0.2) is 61.5 Å². The molecule has 1 N–H and O–H groups in total. The molecule has 0 spiro atoms. The molecule has 1 unspecified atom stereocenters. The number of carbonyl (C=O) groups is 1. The topological polar surface area (TPSA) is 35.6 Å². The normalized spacial score (nSPS) is 17.3. The molecule has 4 nitrogen and oxygen atoms in total. The predicted molar refractivity (Wildman–Crippen MR) is 104 cm³/mol. The summed E-state index contributed by atoms with van der Waals surface area (Å²) in [6.45, 7) is 5.02. The molecule has 5 heteroatoms. The van der Waals surface area contributed by atoms with E-state index >= 15 is 0 Å². The SMILES string of the molecule is CN1CCN(C(CNC(=O)Cc2cccs2)Cc2ccccc2)CC1. The zero-order valence-corrected chi connectivity index (χ0v) is 15.7. The lowest BCUT2D eigenvalue weighted by molar-refractivity contribution is -0.120. The molecule has 2 aromatic rings. The fourth-order valence-corrected chi connectivity index (χ4v) is 3.97. The highest BCUT2D eigenvalue weighted by molar-refractivity contribution is 7.10. The highest BCUT2D eigenvalue weighted by Gasteiger charge is 2.23. The predicted octanol–water partition coefficient (Wildman–Crippen LogP) is 2.27. The van der Waals surface area contributed by atoms with Crippen LogP contribution in [0.4, 0.5) is 0 Å². The first-order valence-corrected chi connectivity index (χ1v) is 9.84. The first-order valence-electron chi connectivity index (χ1n) is 8.96. The van der Waals surface area contributed by atoms with E-state index in [0.29, 0.717) is 19.0 Å². The average Bonchev–Trinajstić information content (AvgIpc) is 3.13. The summed E-state index contributed by atoms with van der Waals surface area (Å²) >= 11 is 1.64. The van der Waals surface area contributed by atoms with Crippen molar-refractivity contribution in [2.75, 3.05) is 39.8 Å². The third-order valence-electron chi connectivity index (χ3n) is 4.82. The molecule has 3 rings (SSSR count). The molecule has 1 aliphatic heterocycles. The van der Waals surface area contributed by atoms with Crippen molar-refractivity contribution in [3.8, 4) is 0 Å². The molecule has 1 saturated heterocycles. The third kappa shape index (κ3) is 5.66. The second-order valence-electron chi connectivity index (χ2n) is 6.74.